The molecule has 1 amide bonds. The third-order valence-corrected chi connectivity index (χ3v) is 3.10. The van der Waals surface area contributed by atoms with E-state index in [9.17, 15) is 9.90 Å². The minimum Gasteiger partial charge on any atom is -0.389 e. The van der Waals surface area contributed by atoms with Gasteiger partial charge in [-0.1, -0.05) is 0 Å². The number of carbonyl (C=O) groups is 1. The molecule has 1 aliphatic rings. The molecule has 6 heteroatoms. The standard InChI is InChI=1S/C13H22N4O2/c1-4-16(9-13(2,3)19)11(18)10-8-17-7-5-6-14-12(17)15-10/h8,19H,4-7,9H2,1-3H3,(H,14,15). The summed E-state index contributed by atoms with van der Waals surface area (Å²) in [4.78, 5) is 18.3. The summed E-state index contributed by atoms with van der Waals surface area (Å²) in [6.45, 7) is 7.94. The van der Waals surface area contributed by atoms with E-state index < -0.39 is 5.60 Å². The number of fused-ring (bicyclic) bond motifs is 1. The number of aryl methyl sites for hydroxylation is 1. The maximum absolute atomic E-state index is 12.4. The van der Waals surface area contributed by atoms with Gasteiger partial charge in [0.1, 0.15) is 5.69 Å². The van der Waals surface area contributed by atoms with Crippen LogP contribution in [0, 0.1) is 0 Å². The van der Waals surface area contributed by atoms with Crippen molar-refractivity contribution >= 4 is 11.9 Å². The lowest BCUT2D eigenvalue weighted by molar-refractivity contribution is 0.0312. The Balaban J connectivity index is 2.15. The SMILES string of the molecule is CCN(CC(C)(C)O)C(=O)c1cn2c(n1)NCCC2. The Kier molecular flexibility index (Phi) is 3.80. The number of imidazole rings is 1. The quantitative estimate of drug-likeness (QED) is 0.850. The van der Waals surface area contributed by atoms with Gasteiger partial charge in [-0.25, -0.2) is 4.98 Å². The van der Waals surface area contributed by atoms with E-state index in [-0.39, 0.29) is 5.91 Å². The van der Waals surface area contributed by atoms with Gasteiger partial charge in [0.15, 0.2) is 0 Å². The first kappa shape index (κ1) is 13.9. The predicted molar refractivity (Wildman–Crippen MR) is 73.2 cm³/mol. The van der Waals surface area contributed by atoms with Gasteiger partial charge in [-0.05, 0) is 27.2 Å². The molecule has 6 nitrogen and oxygen atoms in total. The van der Waals surface area contributed by atoms with Crippen LogP contribution >= 0.6 is 0 Å². The fourth-order valence-electron chi connectivity index (χ4n) is 2.24. The highest BCUT2D eigenvalue weighted by Crippen LogP contribution is 2.16. The minimum atomic E-state index is -0.900. The van der Waals surface area contributed by atoms with Crippen molar-refractivity contribution < 1.29 is 9.90 Å². The van der Waals surface area contributed by atoms with Crippen molar-refractivity contribution in [2.45, 2.75) is 39.3 Å². The van der Waals surface area contributed by atoms with Crippen LogP contribution in [0.1, 0.15) is 37.7 Å². The number of hydrogen-bond acceptors (Lipinski definition) is 4. The second kappa shape index (κ2) is 5.21. The van der Waals surface area contributed by atoms with Gasteiger partial charge >= 0.3 is 0 Å². The zero-order valence-corrected chi connectivity index (χ0v) is 11.8. The predicted octanol–water partition coefficient (Wildman–Crippen LogP) is 0.932. The number of anilines is 1. The summed E-state index contributed by atoms with van der Waals surface area (Å²) in [5.74, 6) is 0.627. The number of aliphatic hydroxyl groups is 1. The van der Waals surface area contributed by atoms with Gasteiger partial charge in [-0.15, -0.1) is 0 Å². The van der Waals surface area contributed by atoms with Crippen molar-refractivity contribution in [1.82, 2.24) is 14.5 Å². The monoisotopic (exact) mass is 266 g/mol. The lowest BCUT2D eigenvalue weighted by Gasteiger charge is -2.27. The molecule has 0 spiro atoms. The van der Waals surface area contributed by atoms with Crippen LogP contribution in [0.2, 0.25) is 0 Å². The third kappa shape index (κ3) is 3.26. The van der Waals surface area contributed by atoms with E-state index in [0.29, 0.717) is 18.8 Å². The molecule has 19 heavy (non-hydrogen) atoms. The van der Waals surface area contributed by atoms with Crippen LogP contribution in [-0.4, -0.2) is 50.7 Å². The van der Waals surface area contributed by atoms with Crippen LogP contribution in [0.15, 0.2) is 6.20 Å². The Hall–Kier alpha value is -1.56. The summed E-state index contributed by atoms with van der Waals surface area (Å²) >= 11 is 0. The number of aromatic nitrogens is 2. The Bertz CT molecular complexity index is 438. The molecule has 106 valence electrons. The van der Waals surface area contributed by atoms with Crippen molar-refractivity contribution in [3.8, 4) is 0 Å². The molecule has 0 aromatic carbocycles. The van der Waals surface area contributed by atoms with Crippen LogP contribution in [0.25, 0.3) is 0 Å². The van der Waals surface area contributed by atoms with E-state index in [0.717, 1.165) is 25.5 Å². The van der Waals surface area contributed by atoms with Crippen molar-refractivity contribution in [3.63, 3.8) is 0 Å². The van der Waals surface area contributed by atoms with Crippen LogP contribution in [0.3, 0.4) is 0 Å². The molecule has 0 fully saturated rings. The molecule has 1 aliphatic heterocycles. The summed E-state index contributed by atoms with van der Waals surface area (Å²) in [7, 11) is 0. The maximum Gasteiger partial charge on any atom is 0.274 e. The number of likely N-dealkylation sites (N-methyl/N-ethyl adjacent to an activating group) is 1. The molecule has 2 heterocycles. The van der Waals surface area contributed by atoms with Gasteiger partial charge in [-0.2, -0.15) is 0 Å². The minimum absolute atomic E-state index is 0.131. The Morgan fingerprint density at radius 1 is 1.63 bits per heavy atom. The number of hydrogen-bond donors (Lipinski definition) is 2. The van der Waals surface area contributed by atoms with E-state index in [1.807, 2.05) is 11.5 Å². The van der Waals surface area contributed by atoms with E-state index in [1.165, 1.54) is 0 Å². The Morgan fingerprint density at radius 2 is 2.37 bits per heavy atom. The highest BCUT2D eigenvalue weighted by atomic mass is 16.3. The second-order valence-electron chi connectivity index (χ2n) is 5.56. The van der Waals surface area contributed by atoms with E-state index in [1.54, 1.807) is 24.9 Å². The van der Waals surface area contributed by atoms with Crippen molar-refractivity contribution in [2.75, 3.05) is 25.0 Å². The molecule has 1 aromatic heterocycles. The molecule has 0 aliphatic carbocycles. The molecule has 0 unspecified atom stereocenters. The highest BCUT2D eigenvalue weighted by Gasteiger charge is 2.25. The van der Waals surface area contributed by atoms with E-state index in [4.69, 9.17) is 0 Å². The first-order valence-corrected chi connectivity index (χ1v) is 6.73. The molecule has 1 aromatic rings. The molecular formula is C13H22N4O2. The van der Waals surface area contributed by atoms with Gasteiger partial charge in [0.2, 0.25) is 5.95 Å². The number of nitrogens with one attached hydrogen (secondary N) is 1. The topological polar surface area (TPSA) is 70.4 Å². The van der Waals surface area contributed by atoms with Gasteiger partial charge < -0.3 is 19.9 Å². The summed E-state index contributed by atoms with van der Waals surface area (Å²) in [6.07, 6.45) is 2.83. The highest BCUT2D eigenvalue weighted by molar-refractivity contribution is 5.92. The van der Waals surface area contributed by atoms with Crippen LogP contribution in [0.5, 0.6) is 0 Å². The Morgan fingerprint density at radius 3 is 2.95 bits per heavy atom. The molecule has 0 atom stereocenters. The van der Waals surface area contributed by atoms with Gasteiger partial charge in [-0.3, -0.25) is 4.79 Å². The van der Waals surface area contributed by atoms with Gasteiger partial charge in [0, 0.05) is 32.4 Å². The zero-order chi connectivity index (χ0) is 14.0. The van der Waals surface area contributed by atoms with Gasteiger partial charge in [0.25, 0.3) is 5.91 Å². The van der Waals surface area contributed by atoms with Crippen LogP contribution in [-0.2, 0) is 6.54 Å². The largest absolute Gasteiger partial charge is 0.389 e. The molecule has 2 N–H and O–H groups in total. The average molecular weight is 266 g/mol. The molecular weight excluding hydrogens is 244 g/mol. The molecule has 0 saturated carbocycles. The Labute approximate surface area is 113 Å². The normalized spacial score (nSPS) is 14.7. The molecule has 0 saturated heterocycles. The number of amides is 1. The summed E-state index contributed by atoms with van der Waals surface area (Å²) in [6, 6.07) is 0. The fourth-order valence-corrected chi connectivity index (χ4v) is 2.24. The molecule has 2 rings (SSSR count). The lowest BCUT2D eigenvalue weighted by Crippen LogP contribution is -2.42. The first-order valence-electron chi connectivity index (χ1n) is 6.73. The maximum atomic E-state index is 12.4. The second-order valence-corrected chi connectivity index (χ2v) is 5.56. The molecule has 0 radical (unpaired) electrons. The summed E-state index contributed by atoms with van der Waals surface area (Å²) in [5, 5.41) is 13.0. The first-order chi connectivity index (χ1) is 8.90. The van der Waals surface area contributed by atoms with Crippen LogP contribution < -0.4 is 5.32 Å². The number of nitrogens with zero attached hydrogens (tertiary/aromatic N) is 3. The number of carbonyl (C=O) groups excluding carboxylic acids is 1. The smallest absolute Gasteiger partial charge is 0.274 e. The molecule has 0 bridgehead atoms. The van der Waals surface area contributed by atoms with Crippen molar-refractivity contribution in [3.05, 3.63) is 11.9 Å². The third-order valence-electron chi connectivity index (χ3n) is 3.10. The average Bonchev–Trinajstić information content (AvgIpc) is 2.77. The fraction of sp³-hybridized carbons (Fsp3) is 0.692. The lowest BCUT2D eigenvalue weighted by atomic mass is 10.1. The van der Waals surface area contributed by atoms with E-state index >= 15 is 0 Å². The van der Waals surface area contributed by atoms with Crippen molar-refractivity contribution in [2.24, 2.45) is 0 Å². The van der Waals surface area contributed by atoms with Crippen LogP contribution in [0.4, 0.5) is 5.95 Å². The summed E-state index contributed by atoms with van der Waals surface area (Å²) < 4.78 is 1.97. The number of rotatable bonds is 4. The van der Waals surface area contributed by atoms with Gasteiger partial charge in [0.05, 0.1) is 5.60 Å². The van der Waals surface area contributed by atoms with Crippen molar-refractivity contribution in [1.29, 1.82) is 0 Å². The van der Waals surface area contributed by atoms with E-state index in [2.05, 4.69) is 10.3 Å². The zero-order valence-electron chi connectivity index (χ0n) is 11.8. The summed E-state index contributed by atoms with van der Waals surface area (Å²) in [5.41, 5.74) is -0.459.